The summed E-state index contributed by atoms with van der Waals surface area (Å²) in [5, 5.41) is 1.94. The van der Waals surface area contributed by atoms with Crippen LogP contribution in [0.25, 0.3) is 5.69 Å². The molecule has 1 heterocycles. The van der Waals surface area contributed by atoms with Gasteiger partial charge in [-0.15, -0.1) is 0 Å². The molecule has 0 bridgehead atoms. The van der Waals surface area contributed by atoms with Crippen molar-refractivity contribution >= 4 is 11.6 Å². The van der Waals surface area contributed by atoms with Crippen LogP contribution < -0.4 is 15.6 Å². The number of anilines is 2. The third-order valence-electron chi connectivity index (χ3n) is 4.44. The van der Waals surface area contributed by atoms with Crippen molar-refractivity contribution in [2.75, 3.05) is 12.4 Å². The number of aromatic nitrogens is 2. The molecule has 0 aliphatic carbocycles. The number of ether oxygens (including phenoxy) is 1. The highest BCUT2D eigenvalue weighted by atomic mass is 19.4. The Bertz CT molecular complexity index is 1240. The summed E-state index contributed by atoms with van der Waals surface area (Å²) in [4.78, 5) is 15.7. The number of hydrogen-bond donors (Lipinski definition) is 1. The first-order chi connectivity index (χ1) is 15.6. The molecule has 14 heteroatoms. The Hall–Kier alpha value is -3.71. The minimum Gasteiger partial charge on any atom is -0.497 e. The van der Waals surface area contributed by atoms with Crippen molar-refractivity contribution in [3.05, 3.63) is 75.7 Å². The van der Waals surface area contributed by atoms with E-state index in [2.05, 4.69) is 4.98 Å². The van der Waals surface area contributed by atoms with Crippen molar-refractivity contribution < 1.29 is 44.3 Å². The van der Waals surface area contributed by atoms with E-state index in [1.807, 2.05) is 5.32 Å². The molecule has 3 rings (SSSR count). The van der Waals surface area contributed by atoms with E-state index >= 15 is 0 Å². The maximum absolute atomic E-state index is 13.5. The fourth-order valence-electron chi connectivity index (χ4n) is 2.88. The smallest absolute Gasteiger partial charge is 0.433 e. The van der Waals surface area contributed by atoms with Crippen molar-refractivity contribution in [3.8, 4) is 11.4 Å². The SMILES string of the molecule is COc1ccc(-n2c(Nc3ccc(C(F)(F)F)cc3C(F)(F)F)nc(C(F)(F)F)cc2=O)cc1. The molecular formula is C20H12F9N3O2. The molecule has 3 aromatic rings. The molecule has 0 atom stereocenters. The normalized spacial score (nSPS) is 12.5. The van der Waals surface area contributed by atoms with Crippen LogP contribution in [-0.2, 0) is 18.5 Å². The topological polar surface area (TPSA) is 56.1 Å². The fraction of sp³-hybridized carbons (Fsp3) is 0.200. The number of benzene rings is 2. The summed E-state index contributed by atoms with van der Waals surface area (Å²) in [5.74, 6) is -0.705. The number of hydrogen-bond acceptors (Lipinski definition) is 4. The van der Waals surface area contributed by atoms with Gasteiger partial charge in [0.05, 0.1) is 29.6 Å². The van der Waals surface area contributed by atoms with Crippen molar-refractivity contribution in [1.29, 1.82) is 0 Å². The Balaban J connectivity index is 2.24. The maximum Gasteiger partial charge on any atom is 0.433 e. The zero-order chi connectivity index (χ0) is 25.5. The largest absolute Gasteiger partial charge is 0.497 e. The zero-order valence-electron chi connectivity index (χ0n) is 16.7. The van der Waals surface area contributed by atoms with Gasteiger partial charge < -0.3 is 10.1 Å². The summed E-state index contributed by atoms with van der Waals surface area (Å²) in [6, 6.07) is 5.70. The Morgan fingerprint density at radius 1 is 0.824 bits per heavy atom. The molecular weight excluding hydrogens is 485 g/mol. The van der Waals surface area contributed by atoms with E-state index in [1.54, 1.807) is 0 Å². The molecule has 0 saturated carbocycles. The van der Waals surface area contributed by atoms with Gasteiger partial charge in [0.25, 0.3) is 5.56 Å². The first-order valence-corrected chi connectivity index (χ1v) is 9.02. The first-order valence-electron chi connectivity index (χ1n) is 9.02. The lowest BCUT2D eigenvalue weighted by atomic mass is 10.1. The lowest BCUT2D eigenvalue weighted by molar-refractivity contribution is -0.143. The molecule has 0 fully saturated rings. The van der Waals surface area contributed by atoms with Crippen LogP contribution in [0.4, 0.5) is 51.1 Å². The molecule has 0 radical (unpaired) electrons. The molecule has 182 valence electrons. The van der Waals surface area contributed by atoms with E-state index in [9.17, 15) is 44.3 Å². The van der Waals surface area contributed by atoms with Gasteiger partial charge in [-0.2, -0.15) is 39.5 Å². The van der Waals surface area contributed by atoms with Crippen LogP contribution >= 0.6 is 0 Å². The third kappa shape index (κ3) is 5.26. The molecule has 1 N–H and O–H groups in total. The van der Waals surface area contributed by atoms with Crippen LogP contribution in [0.3, 0.4) is 0 Å². The molecule has 1 aromatic heterocycles. The molecule has 0 aliphatic heterocycles. The average Bonchev–Trinajstić information content (AvgIpc) is 2.72. The lowest BCUT2D eigenvalue weighted by Gasteiger charge is -2.20. The van der Waals surface area contributed by atoms with Crippen LogP contribution in [0.1, 0.15) is 16.8 Å². The second-order valence-corrected chi connectivity index (χ2v) is 6.72. The van der Waals surface area contributed by atoms with Gasteiger partial charge in [0.2, 0.25) is 5.95 Å². The van der Waals surface area contributed by atoms with E-state index in [1.165, 1.54) is 31.4 Å². The lowest BCUT2D eigenvalue weighted by Crippen LogP contribution is -2.26. The van der Waals surface area contributed by atoms with Crippen LogP contribution in [-0.4, -0.2) is 16.7 Å². The van der Waals surface area contributed by atoms with Gasteiger partial charge in [0.1, 0.15) is 5.75 Å². The summed E-state index contributed by atoms with van der Waals surface area (Å²) in [7, 11) is 1.32. The highest BCUT2D eigenvalue weighted by Gasteiger charge is 2.39. The van der Waals surface area contributed by atoms with Crippen molar-refractivity contribution in [3.63, 3.8) is 0 Å². The third-order valence-corrected chi connectivity index (χ3v) is 4.44. The number of nitrogens with one attached hydrogen (secondary N) is 1. The molecule has 2 aromatic carbocycles. The second-order valence-electron chi connectivity index (χ2n) is 6.72. The van der Waals surface area contributed by atoms with E-state index in [0.717, 1.165) is 0 Å². The summed E-state index contributed by atoms with van der Waals surface area (Å²) in [6.45, 7) is 0. The zero-order valence-corrected chi connectivity index (χ0v) is 16.7. The number of rotatable bonds is 4. The molecule has 0 aliphatic rings. The second kappa shape index (κ2) is 8.57. The Morgan fingerprint density at radius 3 is 1.94 bits per heavy atom. The van der Waals surface area contributed by atoms with Crippen molar-refractivity contribution in [2.24, 2.45) is 0 Å². The molecule has 0 spiro atoms. The summed E-state index contributed by atoms with van der Waals surface area (Å²) in [6.07, 6.45) is -15.6. The predicted molar refractivity (Wildman–Crippen MR) is 101 cm³/mol. The monoisotopic (exact) mass is 497 g/mol. The minimum atomic E-state index is -5.32. The average molecular weight is 497 g/mol. The van der Waals surface area contributed by atoms with E-state index < -0.39 is 52.5 Å². The van der Waals surface area contributed by atoms with Crippen LogP contribution in [0.2, 0.25) is 0 Å². The van der Waals surface area contributed by atoms with Gasteiger partial charge in [-0.25, -0.2) is 9.55 Å². The summed E-state index contributed by atoms with van der Waals surface area (Å²) in [5.41, 5.74) is -7.63. The Labute approximate surface area is 184 Å². The molecule has 0 saturated heterocycles. The van der Waals surface area contributed by atoms with Gasteiger partial charge in [-0.3, -0.25) is 4.79 Å². The highest BCUT2D eigenvalue weighted by Crippen LogP contribution is 2.40. The Kier molecular flexibility index (Phi) is 6.28. The number of methoxy groups -OCH3 is 1. The number of nitrogens with zero attached hydrogens (tertiary/aromatic N) is 2. The van der Waals surface area contributed by atoms with E-state index in [-0.39, 0.29) is 17.8 Å². The molecule has 34 heavy (non-hydrogen) atoms. The highest BCUT2D eigenvalue weighted by molar-refractivity contribution is 5.62. The van der Waals surface area contributed by atoms with Crippen molar-refractivity contribution in [1.82, 2.24) is 9.55 Å². The summed E-state index contributed by atoms with van der Waals surface area (Å²) >= 11 is 0. The van der Waals surface area contributed by atoms with E-state index in [4.69, 9.17) is 4.74 Å². The Morgan fingerprint density at radius 2 is 1.44 bits per heavy atom. The molecule has 0 unspecified atom stereocenters. The maximum atomic E-state index is 13.5. The standard InChI is InChI=1S/C20H12F9N3O2/c1-34-12-5-3-11(4-6-12)32-16(33)9-15(20(27,28)29)31-17(32)30-14-7-2-10(18(21,22)23)8-13(14)19(24,25)26/h2-9H,1H3,(H,30,31). The predicted octanol–water partition coefficient (Wildman–Crippen LogP) is 6.04. The fourth-order valence-corrected chi connectivity index (χ4v) is 2.88. The van der Waals surface area contributed by atoms with E-state index in [0.29, 0.717) is 22.4 Å². The minimum absolute atomic E-state index is 0.102. The summed E-state index contributed by atoms with van der Waals surface area (Å²) < 4.78 is 124. The number of alkyl halides is 9. The van der Waals surface area contributed by atoms with Gasteiger partial charge in [0.15, 0.2) is 5.69 Å². The van der Waals surface area contributed by atoms with Gasteiger partial charge in [-0.1, -0.05) is 0 Å². The van der Waals surface area contributed by atoms with Gasteiger partial charge in [-0.05, 0) is 42.5 Å². The van der Waals surface area contributed by atoms with Crippen LogP contribution in [0, 0.1) is 0 Å². The molecule has 5 nitrogen and oxygen atoms in total. The van der Waals surface area contributed by atoms with Crippen molar-refractivity contribution in [2.45, 2.75) is 18.5 Å². The molecule has 0 amide bonds. The van der Waals surface area contributed by atoms with Gasteiger partial charge >= 0.3 is 18.5 Å². The quantitative estimate of drug-likeness (QED) is 0.447. The first kappa shape index (κ1) is 24.9. The van der Waals surface area contributed by atoms with Crippen LogP contribution in [0.5, 0.6) is 5.75 Å². The van der Waals surface area contributed by atoms with Gasteiger partial charge in [0, 0.05) is 6.07 Å². The van der Waals surface area contributed by atoms with Crippen LogP contribution in [0.15, 0.2) is 53.3 Å². The number of halogens is 9.